The first-order valence-corrected chi connectivity index (χ1v) is 8.22. The first-order valence-electron chi connectivity index (χ1n) is 8.22. The SMILES string of the molecule is Cc1ccccc1-c1nnc(CNCCCN2CCOCC2)o1. The van der Waals surface area contributed by atoms with Crippen LogP contribution in [0.25, 0.3) is 11.5 Å². The summed E-state index contributed by atoms with van der Waals surface area (Å²) in [5.41, 5.74) is 2.14. The summed E-state index contributed by atoms with van der Waals surface area (Å²) in [5, 5.41) is 11.6. The molecule has 6 nitrogen and oxygen atoms in total. The van der Waals surface area contributed by atoms with Crippen molar-refractivity contribution >= 4 is 0 Å². The first kappa shape index (κ1) is 16.1. The van der Waals surface area contributed by atoms with E-state index in [1.165, 1.54) is 0 Å². The summed E-state index contributed by atoms with van der Waals surface area (Å²) in [5.74, 6) is 1.22. The molecule has 2 heterocycles. The van der Waals surface area contributed by atoms with Crippen molar-refractivity contribution in [3.05, 3.63) is 35.7 Å². The number of morpholine rings is 1. The van der Waals surface area contributed by atoms with Gasteiger partial charge < -0.3 is 14.5 Å². The summed E-state index contributed by atoms with van der Waals surface area (Å²) in [6.45, 7) is 8.51. The number of aromatic nitrogens is 2. The van der Waals surface area contributed by atoms with Crippen molar-refractivity contribution in [3.63, 3.8) is 0 Å². The van der Waals surface area contributed by atoms with Crippen LogP contribution in [0.15, 0.2) is 28.7 Å². The van der Waals surface area contributed by atoms with Gasteiger partial charge in [-0.05, 0) is 38.1 Å². The molecule has 2 aromatic rings. The molecule has 1 fully saturated rings. The Morgan fingerprint density at radius 1 is 1.17 bits per heavy atom. The zero-order valence-corrected chi connectivity index (χ0v) is 13.6. The highest BCUT2D eigenvalue weighted by Gasteiger charge is 2.11. The van der Waals surface area contributed by atoms with Gasteiger partial charge >= 0.3 is 0 Å². The van der Waals surface area contributed by atoms with E-state index in [9.17, 15) is 0 Å². The van der Waals surface area contributed by atoms with Gasteiger partial charge in [0.1, 0.15) is 0 Å². The van der Waals surface area contributed by atoms with E-state index in [2.05, 4.69) is 20.4 Å². The van der Waals surface area contributed by atoms with Crippen molar-refractivity contribution in [1.29, 1.82) is 0 Å². The molecule has 0 aliphatic carbocycles. The summed E-state index contributed by atoms with van der Waals surface area (Å²) < 4.78 is 11.1. The van der Waals surface area contributed by atoms with Crippen LogP contribution in [0.4, 0.5) is 0 Å². The van der Waals surface area contributed by atoms with E-state index in [1.807, 2.05) is 31.2 Å². The zero-order valence-electron chi connectivity index (χ0n) is 13.6. The number of hydrogen-bond acceptors (Lipinski definition) is 6. The second-order valence-electron chi connectivity index (χ2n) is 5.80. The maximum atomic E-state index is 5.74. The number of nitrogens with zero attached hydrogens (tertiary/aromatic N) is 3. The molecule has 6 heteroatoms. The summed E-state index contributed by atoms with van der Waals surface area (Å²) in [7, 11) is 0. The predicted octanol–water partition coefficient (Wildman–Crippen LogP) is 1.86. The molecule has 1 saturated heterocycles. The van der Waals surface area contributed by atoms with Crippen molar-refractivity contribution in [1.82, 2.24) is 20.4 Å². The Hall–Kier alpha value is -1.76. The van der Waals surface area contributed by atoms with Gasteiger partial charge in [-0.15, -0.1) is 10.2 Å². The topological polar surface area (TPSA) is 63.4 Å². The third-order valence-corrected chi connectivity index (χ3v) is 4.05. The number of nitrogens with one attached hydrogen (secondary N) is 1. The zero-order chi connectivity index (χ0) is 15.9. The fourth-order valence-electron chi connectivity index (χ4n) is 2.69. The molecule has 1 N–H and O–H groups in total. The Labute approximate surface area is 136 Å². The van der Waals surface area contributed by atoms with Crippen LogP contribution in [0.1, 0.15) is 17.9 Å². The third kappa shape index (κ3) is 4.60. The minimum Gasteiger partial charge on any atom is -0.419 e. The van der Waals surface area contributed by atoms with Gasteiger partial charge in [0, 0.05) is 18.7 Å². The molecule has 1 aromatic heterocycles. The van der Waals surface area contributed by atoms with E-state index in [-0.39, 0.29) is 0 Å². The van der Waals surface area contributed by atoms with Gasteiger partial charge in [-0.2, -0.15) is 0 Å². The van der Waals surface area contributed by atoms with Gasteiger partial charge in [-0.25, -0.2) is 0 Å². The largest absolute Gasteiger partial charge is 0.419 e. The van der Waals surface area contributed by atoms with Crippen molar-refractivity contribution in [2.45, 2.75) is 19.9 Å². The van der Waals surface area contributed by atoms with Crippen LogP contribution in [-0.2, 0) is 11.3 Å². The number of aryl methyl sites for hydroxylation is 1. The van der Waals surface area contributed by atoms with Crippen LogP contribution in [0.3, 0.4) is 0 Å². The molecule has 0 unspecified atom stereocenters. The Bertz CT molecular complexity index is 608. The lowest BCUT2D eigenvalue weighted by Crippen LogP contribution is -2.37. The quantitative estimate of drug-likeness (QED) is 0.787. The Morgan fingerprint density at radius 2 is 2.00 bits per heavy atom. The van der Waals surface area contributed by atoms with E-state index < -0.39 is 0 Å². The fraction of sp³-hybridized carbons (Fsp3) is 0.529. The number of benzene rings is 1. The molecule has 1 aliphatic rings. The van der Waals surface area contributed by atoms with Crippen LogP contribution in [0.5, 0.6) is 0 Å². The van der Waals surface area contributed by atoms with E-state index in [4.69, 9.17) is 9.15 Å². The van der Waals surface area contributed by atoms with Gasteiger partial charge in [0.15, 0.2) is 0 Å². The molecule has 1 aromatic carbocycles. The highest BCUT2D eigenvalue weighted by atomic mass is 16.5. The summed E-state index contributed by atoms with van der Waals surface area (Å²) in [6.07, 6.45) is 1.11. The third-order valence-electron chi connectivity index (χ3n) is 4.05. The molecule has 3 rings (SSSR count). The van der Waals surface area contributed by atoms with Crippen molar-refractivity contribution < 1.29 is 9.15 Å². The molecule has 23 heavy (non-hydrogen) atoms. The Morgan fingerprint density at radius 3 is 2.83 bits per heavy atom. The van der Waals surface area contributed by atoms with Crippen LogP contribution >= 0.6 is 0 Å². The van der Waals surface area contributed by atoms with Gasteiger partial charge in [-0.3, -0.25) is 4.90 Å². The van der Waals surface area contributed by atoms with E-state index in [0.29, 0.717) is 18.3 Å². The average Bonchev–Trinajstić information content (AvgIpc) is 3.04. The Balaban J connectivity index is 1.40. The van der Waals surface area contributed by atoms with Crippen molar-refractivity contribution in [2.24, 2.45) is 0 Å². The highest BCUT2D eigenvalue weighted by molar-refractivity contribution is 5.57. The number of rotatable bonds is 7. The minimum absolute atomic E-state index is 0.591. The van der Waals surface area contributed by atoms with Gasteiger partial charge in [-0.1, -0.05) is 18.2 Å². The molecule has 0 radical (unpaired) electrons. The second-order valence-corrected chi connectivity index (χ2v) is 5.80. The minimum atomic E-state index is 0.591. The van der Waals surface area contributed by atoms with Gasteiger partial charge in [0.05, 0.1) is 19.8 Å². The van der Waals surface area contributed by atoms with Crippen LogP contribution < -0.4 is 5.32 Å². The lowest BCUT2D eigenvalue weighted by molar-refractivity contribution is 0.0374. The van der Waals surface area contributed by atoms with E-state index in [0.717, 1.165) is 56.9 Å². The molecule has 0 amide bonds. The highest BCUT2D eigenvalue weighted by Crippen LogP contribution is 2.21. The van der Waals surface area contributed by atoms with Crippen molar-refractivity contribution in [3.8, 4) is 11.5 Å². The number of ether oxygens (including phenoxy) is 1. The van der Waals surface area contributed by atoms with E-state index in [1.54, 1.807) is 0 Å². The summed E-state index contributed by atoms with van der Waals surface area (Å²) >= 11 is 0. The molecule has 0 saturated carbocycles. The fourth-order valence-corrected chi connectivity index (χ4v) is 2.69. The molecule has 0 spiro atoms. The smallest absolute Gasteiger partial charge is 0.248 e. The van der Waals surface area contributed by atoms with Gasteiger partial charge in [0.2, 0.25) is 11.8 Å². The maximum absolute atomic E-state index is 5.74. The lowest BCUT2D eigenvalue weighted by Gasteiger charge is -2.26. The molecular formula is C17H24N4O2. The molecule has 0 atom stereocenters. The maximum Gasteiger partial charge on any atom is 0.248 e. The van der Waals surface area contributed by atoms with Crippen LogP contribution in [-0.4, -0.2) is 54.5 Å². The predicted molar refractivity (Wildman–Crippen MR) is 88.1 cm³/mol. The average molecular weight is 316 g/mol. The summed E-state index contributed by atoms with van der Waals surface area (Å²) in [6, 6.07) is 8.04. The monoisotopic (exact) mass is 316 g/mol. The summed E-state index contributed by atoms with van der Waals surface area (Å²) in [4.78, 5) is 2.44. The standard InChI is InChI=1S/C17H24N4O2/c1-14-5-2-3-6-15(14)17-20-19-16(23-17)13-18-7-4-8-21-9-11-22-12-10-21/h2-3,5-6,18H,4,7-13H2,1H3. The Kier molecular flexibility index (Phi) is 5.74. The molecule has 1 aliphatic heterocycles. The second kappa shape index (κ2) is 8.19. The van der Waals surface area contributed by atoms with Crippen molar-refractivity contribution in [2.75, 3.05) is 39.4 Å². The van der Waals surface area contributed by atoms with Crippen LogP contribution in [0.2, 0.25) is 0 Å². The van der Waals surface area contributed by atoms with Crippen LogP contribution in [0, 0.1) is 6.92 Å². The van der Waals surface area contributed by atoms with E-state index >= 15 is 0 Å². The van der Waals surface area contributed by atoms with Gasteiger partial charge in [0.25, 0.3) is 0 Å². The molecule has 124 valence electrons. The normalized spacial score (nSPS) is 15.9. The molecule has 0 bridgehead atoms. The first-order chi connectivity index (χ1) is 11.3. The lowest BCUT2D eigenvalue weighted by atomic mass is 10.1. The number of hydrogen-bond donors (Lipinski definition) is 1. The molecular weight excluding hydrogens is 292 g/mol.